The first kappa shape index (κ1) is 19.9. The molecule has 7 heteroatoms. The highest BCUT2D eigenvalue weighted by atomic mass is 35.5. The fraction of sp³-hybridized carbons (Fsp3) is 0.211. The van der Waals surface area contributed by atoms with Crippen LogP contribution in [0.15, 0.2) is 42.5 Å². The predicted octanol–water partition coefficient (Wildman–Crippen LogP) is 4.65. The maximum Gasteiger partial charge on any atom is 0.330 e. The molecule has 0 N–H and O–H groups in total. The van der Waals surface area contributed by atoms with E-state index in [1.807, 2.05) is 0 Å². The van der Waals surface area contributed by atoms with Gasteiger partial charge in [-0.2, -0.15) is 0 Å². The Balaban J connectivity index is 1.84. The van der Waals surface area contributed by atoms with Crippen LogP contribution in [0.25, 0.3) is 6.08 Å². The van der Waals surface area contributed by atoms with Gasteiger partial charge in [-0.3, -0.25) is 0 Å². The van der Waals surface area contributed by atoms with Crippen LogP contribution in [0, 0.1) is 0 Å². The molecule has 0 aliphatic heterocycles. The highest BCUT2D eigenvalue weighted by Gasteiger charge is 2.10. The molecule has 0 radical (unpaired) electrons. The summed E-state index contributed by atoms with van der Waals surface area (Å²) in [5.41, 5.74) is 0.680. The number of carbonyl (C=O) groups excluding carboxylic acids is 1. The summed E-state index contributed by atoms with van der Waals surface area (Å²) in [5.74, 6) is 1.03. The van der Waals surface area contributed by atoms with E-state index in [-0.39, 0.29) is 13.2 Å². The first-order valence-electron chi connectivity index (χ1n) is 7.68. The van der Waals surface area contributed by atoms with Gasteiger partial charge in [0.1, 0.15) is 19.0 Å². The number of hydrogen-bond donors (Lipinski definition) is 0. The average molecular weight is 397 g/mol. The molecule has 2 aromatic rings. The fourth-order valence-electron chi connectivity index (χ4n) is 2.11. The summed E-state index contributed by atoms with van der Waals surface area (Å²) in [5, 5.41) is 0.964. The smallest absolute Gasteiger partial charge is 0.330 e. The van der Waals surface area contributed by atoms with Gasteiger partial charge in [0.15, 0.2) is 11.5 Å². The van der Waals surface area contributed by atoms with Crippen molar-refractivity contribution in [2.45, 2.75) is 0 Å². The van der Waals surface area contributed by atoms with E-state index >= 15 is 0 Å². The number of carbonyl (C=O) groups is 1. The minimum Gasteiger partial charge on any atom is -0.493 e. The molecule has 0 spiro atoms. The molecule has 0 unspecified atom stereocenters. The van der Waals surface area contributed by atoms with Crippen molar-refractivity contribution in [3.63, 3.8) is 0 Å². The van der Waals surface area contributed by atoms with Crippen LogP contribution in [0.2, 0.25) is 10.0 Å². The van der Waals surface area contributed by atoms with Crippen molar-refractivity contribution in [3.05, 3.63) is 58.1 Å². The molecule has 0 aromatic heterocycles. The van der Waals surface area contributed by atoms with Gasteiger partial charge >= 0.3 is 5.97 Å². The molecule has 2 aromatic carbocycles. The summed E-state index contributed by atoms with van der Waals surface area (Å²) in [6, 6.07) is 10.4. The van der Waals surface area contributed by atoms with Gasteiger partial charge in [0.2, 0.25) is 0 Å². The van der Waals surface area contributed by atoms with Crippen LogP contribution in [0.3, 0.4) is 0 Å². The molecule has 0 aliphatic rings. The Kier molecular flexibility index (Phi) is 7.63. The van der Waals surface area contributed by atoms with Gasteiger partial charge in [-0.1, -0.05) is 29.3 Å². The zero-order valence-corrected chi connectivity index (χ0v) is 15.8. The third-order valence-electron chi connectivity index (χ3n) is 3.26. The Hall–Kier alpha value is -2.37. The number of rotatable bonds is 8. The predicted molar refractivity (Wildman–Crippen MR) is 101 cm³/mol. The quantitative estimate of drug-likeness (QED) is 0.369. The van der Waals surface area contributed by atoms with Crippen LogP contribution in [0.4, 0.5) is 0 Å². The zero-order chi connectivity index (χ0) is 18.9. The lowest BCUT2D eigenvalue weighted by atomic mass is 10.2. The van der Waals surface area contributed by atoms with Crippen LogP contribution >= 0.6 is 23.2 Å². The SMILES string of the molecule is COc1cc(/C=C/C(=O)OCCOc2cccc(Cl)c2)cc(Cl)c1OC. The largest absolute Gasteiger partial charge is 0.493 e. The van der Waals surface area contributed by atoms with E-state index in [0.717, 1.165) is 0 Å². The fourth-order valence-corrected chi connectivity index (χ4v) is 2.58. The maximum atomic E-state index is 11.8. The van der Waals surface area contributed by atoms with E-state index in [4.69, 9.17) is 42.1 Å². The number of benzene rings is 2. The van der Waals surface area contributed by atoms with Gasteiger partial charge < -0.3 is 18.9 Å². The number of ether oxygens (including phenoxy) is 4. The van der Waals surface area contributed by atoms with Crippen molar-refractivity contribution >= 4 is 35.2 Å². The van der Waals surface area contributed by atoms with Crippen molar-refractivity contribution < 1.29 is 23.7 Å². The standard InChI is InChI=1S/C19H18Cl2O5/c1-23-17-11-13(10-16(21)19(17)24-2)6-7-18(22)26-9-8-25-15-5-3-4-14(20)12-15/h3-7,10-12H,8-9H2,1-2H3/b7-6+. The third-order valence-corrected chi connectivity index (χ3v) is 3.78. The molecule has 0 aliphatic carbocycles. The molecular weight excluding hydrogens is 379 g/mol. The van der Waals surface area contributed by atoms with E-state index in [2.05, 4.69) is 0 Å². The van der Waals surface area contributed by atoms with Crippen LogP contribution in [0.1, 0.15) is 5.56 Å². The van der Waals surface area contributed by atoms with Crippen molar-refractivity contribution in [1.82, 2.24) is 0 Å². The van der Waals surface area contributed by atoms with Gasteiger partial charge in [0, 0.05) is 11.1 Å². The Morgan fingerprint density at radius 3 is 2.58 bits per heavy atom. The third kappa shape index (κ3) is 5.86. The summed E-state index contributed by atoms with van der Waals surface area (Å²) in [6.07, 6.45) is 2.88. The van der Waals surface area contributed by atoms with E-state index in [1.54, 1.807) is 42.5 Å². The van der Waals surface area contributed by atoms with E-state index in [0.29, 0.717) is 32.9 Å². The van der Waals surface area contributed by atoms with Crippen molar-refractivity contribution in [2.75, 3.05) is 27.4 Å². The van der Waals surface area contributed by atoms with Gasteiger partial charge in [-0.25, -0.2) is 4.79 Å². The average Bonchev–Trinajstić information content (AvgIpc) is 2.63. The van der Waals surface area contributed by atoms with Gasteiger partial charge in [0.05, 0.1) is 19.2 Å². The minimum absolute atomic E-state index is 0.113. The molecular formula is C19H18Cl2O5. The highest BCUT2D eigenvalue weighted by molar-refractivity contribution is 6.32. The van der Waals surface area contributed by atoms with Crippen LogP contribution in [-0.2, 0) is 9.53 Å². The Morgan fingerprint density at radius 1 is 1.08 bits per heavy atom. The monoisotopic (exact) mass is 396 g/mol. The Morgan fingerprint density at radius 2 is 1.88 bits per heavy atom. The first-order chi connectivity index (χ1) is 12.5. The molecule has 26 heavy (non-hydrogen) atoms. The number of hydrogen-bond acceptors (Lipinski definition) is 5. The van der Waals surface area contributed by atoms with Crippen molar-refractivity contribution in [1.29, 1.82) is 0 Å². The lowest BCUT2D eigenvalue weighted by Gasteiger charge is -2.10. The summed E-state index contributed by atoms with van der Waals surface area (Å²) in [7, 11) is 3.01. The zero-order valence-electron chi connectivity index (χ0n) is 14.3. The first-order valence-corrected chi connectivity index (χ1v) is 8.44. The molecule has 0 bridgehead atoms. The van der Waals surface area contributed by atoms with Gasteiger partial charge in [-0.05, 0) is 42.0 Å². The number of esters is 1. The van der Waals surface area contributed by atoms with E-state index < -0.39 is 5.97 Å². The maximum absolute atomic E-state index is 11.8. The van der Waals surface area contributed by atoms with E-state index in [9.17, 15) is 4.79 Å². The minimum atomic E-state index is -0.495. The summed E-state index contributed by atoms with van der Waals surface area (Å²) >= 11 is 12.0. The highest BCUT2D eigenvalue weighted by Crippen LogP contribution is 2.36. The Labute approximate surface area is 162 Å². The molecule has 0 amide bonds. The van der Waals surface area contributed by atoms with Crippen molar-refractivity contribution in [2.24, 2.45) is 0 Å². The number of methoxy groups -OCH3 is 2. The van der Waals surface area contributed by atoms with Crippen molar-refractivity contribution in [3.8, 4) is 17.2 Å². The second kappa shape index (κ2) is 9.94. The normalized spacial score (nSPS) is 10.6. The second-order valence-corrected chi connectivity index (χ2v) is 5.89. The van der Waals surface area contributed by atoms with Crippen LogP contribution < -0.4 is 14.2 Å². The molecule has 138 valence electrons. The molecule has 5 nitrogen and oxygen atoms in total. The summed E-state index contributed by atoms with van der Waals surface area (Å²) < 4.78 is 20.9. The van der Waals surface area contributed by atoms with E-state index in [1.165, 1.54) is 20.3 Å². The summed E-state index contributed by atoms with van der Waals surface area (Å²) in [6.45, 7) is 0.338. The topological polar surface area (TPSA) is 54.0 Å². The van der Waals surface area contributed by atoms with Gasteiger partial charge in [-0.15, -0.1) is 0 Å². The molecule has 2 rings (SSSR count). The van der Waals surface area contributed by atoms with Gasteiger partial charge in [0.25, 0.3) is 0 Å². The van der Waals surface area contributed by atoms with Crippen LogP contribution in [0.5, 0.6) is 17.2 Å². The molecule has 0 fully saturated rings. The number of halogens is 2. The molecule has 0 saturated carbocycles. The second-order valence-electron chi connectivity index (χ2n) is 5.04. The summed E-state index contributed by atoms with van der Waals surface area (Å²) in [4.78, 5) is 11.8. The lowest BCUT2D eigenvalue weighted by molar-refractivity contribution is -0.138. The molecule has 0 heterocycles. The van der Waals surface area contributed by atoms with Crippen LogP contribution in [-0.4, -0.2) is 33.4 Å². The lowest BCUT2D eigenvalue weighted by Crippen LogP contribution is -2.10. The molecule has 0 atom stereocenters. The molecule has 0 saturated heterocycles. The Bertz CT molecular complexity index is 789.